The Morgan fingerprint density at radius 3 is 2.59 bits per heavy atom. The highest BCUT2D eigenvalue weighted by molar-refractivity contribution is 5.82. The zero-order chi connectivity index (χ0) is 16.3. The molecule has 22 heavy (non-hydrogen) atoms. The maximum Gasteiger partial charge on any atom is 0.471 e. The average Bonchev–Trinajstić information content (AvgIpc) is 2.89. The van der Waals surface area contributed by atoms with Gasteiger partial charge in [-0.3, -0.25) is 9.59 Å². The molecule has 0 spiro atoms. The van der Waals surface area contributed by atoms with E-state index in [4.69, 9.17) is 14.6 Å². The molecule has 0 bridgehead atoms. The van der Waals surface area contributed by atoms with E-state index in [1.165, 1.54) is 0 Å². The SMILES string of the molecule is O=C(O)C(CNC(=O)C(F)(F)F)Cc1ccc2c(c1)OCO2. The van der Waals surface area contributed by atoms with E-state index < -0.39 is 30.5 Å². The van der Waals surface area contributed by atoms with E-state index >= 15 is 0 Å². The topological polar surface area (TPSA) is 84.9 Å². The van der Waals surface area contributed by atoms with Crippen LogP contribution in [0.2, 0.25) is 0 Å². The summed E-state index contributed by atoms with van der Waals surface area (Å²) in [6.07, 6.45) is -5.09. The summed E-state index contributed by atoms with van der Waals surface area (Å²) in [5.74, 6) is -3.70. The number of alkyl halides is 3. The number of hydrogen-bond donors (Lipinski definition) is 2. The van der Waals surface area contributed by atoms with Gasteiger partial charge < -0.3 is 19.9 Å². The van der Waals surface area contributed by atoms with Crippen LogP contribution < -0.4 is 14.8 Å². The lowest BCUT2D eigenvalue weighted by Gasteiger charge is -2.14. The molecule has 0 saturated heterocycles. The Kier molecular flexibility index (Phi) is 4.43. The van der Waals surface area contributed by atoms with Crippen molar-refractivity contribution in [1.29, 1.82) is 0 Å². The van der Waals surface area contributed by atoms with Crippen molar-refractivity contribution in [1.82, 2.24) is 5.32 Å². The van der Waals surface area contributed by atoms with E-state index in [1.807, 2.05) is 0 Å². The first kappa shape index (κ1) is 15.9. The van der Waals surface area contributed by atoms with Gasteiger partial charge in [0.15, 0.2) is 11.5 Å². The van der Waals surface area contributed by atoms with E-state index in [1.54, 1.807) is 23.5 Å². The van der Waals surface area contributed by atoms with Gasteiger partial charge in [-0.25, -0.2) is 0 Å². The van der Waals surface area contributed by atoms with Crippen molar-refractivity contribution in [3.05, 3.63) is 23.8 Å². The molecule has 1 atom stereocenters. The summed E-state index contributed by atoms with van der Waals surface area (Å²) >= 11 is 0. The van der Waals surface area contributed by atoms with Crippen molar-refractivity contribution in [2.45, 2.75) is 12.6 Å². The molecule has 6 nitrogen and oxygen atoms in total. The first-order valence-electron chi connectivity index (χ1n) is 6.23. The summed E-state index contributed by atoms with van der Waals surface area (Å²) in [4.78, 5) is 21.8. The standard InChI is InChI=1S/C13H12F3NO5/c14-13(15,16)12(20)17-5-8(11(18)19)3-7-1-2-9-10(4-7)22-6-21-9/h1-2,4,8H,3,5-6H2,(H,17,20)(H,18,19). The van der Waals surface area contributed by atoms with Gasteiger partial charge in [-0.1, -0.05) is 6.07 Å². The van der Waals surface area contributed by atoms with Crippen molar-refractivity contribution in [3.8, 4) is 11.5 Å². The summed E-state index contributed by atoms with van der Waals surface area (Å²) in [7, 11) is 0. The van der Waals surface area contributed by atoms with E-state index in [-0.39, 0.29) is 13.2 Å². The van der Waals surface area contributed by atoms with Crippen molar-refractivity contribution >= 4 is 11.9 Å². The predicted molar refractivity (Wildman–Crippen MR) is 66.5 cm³/mol. The molecule has 9 heteroatoms. The van der Waals surface area contributed by atoms with Crippen molar-refractivity contribution in [2.75, 3.05) is 13.3 Å². The number of carboxylic acids is 1. The van der Waals surface area contributed by atoms with Crippen molar-refractivity contribution < 1.29 is 37.3 Å². The summed E-state index contributed by atoms with van der Waals surface area (Å²) in [5.41, 5.74) is 0.554. The number of nitrogens with one attached hydrogen (secondary N) is 1. The predicted octanol–water partition coefficient (Wildman–Crippen LogP) is 1.34. The molecule has 1 aliphatic rings. The number of carbonyl (C=O) groups is 2. The van der Waals surface area contributed by atoms with E-state index in [0.717, 1.165) is 0 Å². The molecule has 1 unspecified atom stereocenters. The van der Waals surface area contributed by atoms with Gasteiger partial charge in [-0.2, -0.15) is 13.2 Å². The van der Waals surface area contributed by atoms with Crippen molar-refractivity contribution in [3.63, 3.8) is 0 Å². The molecule has 0 radical (unpaired) electrons. The molecule has 1 aliphatic heterocycles. The Morgan fingerprint density at radius 2 is 1.95 bits per heavy atom. The van der Waals surface area contributed by atoms with E-state index in [9.17, 15) is 22.8 Å². The molecule has 120 valence electrons. The molecule has 2 N–H and O–H groups in total. The zero-order valence-corrected chi connectivity index (χ0v) is 11.1. The molecule has 1 amide bonds. The Morgan fingerprint density at radius 1 is 1.27 bits per heavy atom. The third kappa shape index (κ3) is 3.80. The Labute approximate surface area is 122 Å². The minimum Gasteiger partial charge on any atom is -0.481 e. The van der Waals surface area contributed by atoms with Crippen LogP contribution in [0.4, 0.5) is 13.2 Å². The quantitative estimate of drug-likeness (QED) is 0.855. The third-order valence-corrected chi connectivity index (χ3v) is 3.03. The normalized spacial score (nSPS) is 14.5. The van der Waals surface area contributed by atoms with Crippen LogP contribution in [0.3, 0.4) is 0 Å². The molecular weight excluding hydrogens is 307 g/mol. The van der Waals surface area contributed by atoms with E-state index in [2.05, 4.69) is 0 Å². The molecule has 0 aliphatic carbocycles. The summed E-state index contributed by atoms with van der Waals surface area (Å²) in [6, 6.07) is 4.74. The van der Waals surface area contributed by atoms with Crippen LogP contribution in [0, 0.1) is 5.92 Å². The number of carboxylic acid groups (broad SMARTS) is 1. The molecule has 1 aromatic rings. The fourth-order valence-corrected chi connectivity index (χ4v) is 1.92. The molecular formula is C13H12F3NO5. The second-order valence-corrected chi connectivity index (χ2v) is 4.63. The lowest BCUT2D eigenvalue weighted by Crippen LogP contribution is -2.41. The smallest absolute Gasteiger partial charge is 0.471 e. The fraction of sp³-hybridized carbons (Fsp3) is 0.385. The maximum atomic E-state index is 12.1. The van der Waals surface area contributed by atoms with Gasteiger partial charge in [-0.05, 0) is 24.1 Å². The highest BCUT2D eigenvalue weighted by Gasteiger charge is 2.39. The lowest BCUT2D eigenvalue weighted by atomic mass is 9.99. The van der Waals surface area contributed by atoms with Crippen LogP contribution in [0.5, 0.6) is 11.5 Å². The van der Waals surface area contributed by atoms with Gasteiger partial charge in [0.1, 0.15) is 0 Å². The monoisotopic (exact) mass is 319 g/mol. The molecule has 0 saturated carbocycles. The summed E-state index contributed by atoms with van der Waals surface area (Å²) in [5, 5.41) is 10.6. The average molecular weight is 319 g/mol. The minimum atomic E-state index is -5.04. The van der Waals surface area contributed by atoms with Crippen LogP contribution in [0.25, 0.3) is 0 Å². The Hall–Kier alpha value is -2.45. The second-order valence-electron chi connectivity index (χ2n) is 4.63. The van der Waals surface area contributed by atoms with Crippen LogP contribution in [0.15, 0.2) is 18.2 Å². The molecule has 1 aromatic carbocycles. The number of hydrogen-bond acceptors (Lipinski definition) is 4. The van der Waals surface area contributed by atoms with Gasteiger partial charge in [0.2, 0.25) is 6.79 Å². The highest BCUT2D eigenvalue weighted by atomic mass is 19.4. The summed E-state index contributed by atoms with van der Waals surface area (Å²) < 4.78 is 46.5. The van der Waals surface area contributed by atoms with Gasteiger partial charge >= 0.3 is 18.1 Å². The number of amides is 1. The number of rotatable bonds is 5. The first-order chi connectivity index (χ1) is 10.3. The fourth-order valence-electron chi connectivity index (χ4n) is 1.92. The molecule has 0 aromatic heterocycles. The number of halogens is 3. The number of carbonyl (C=O) groups excluding carboxylic acids is 1. The lowest BCUT2D eigenvalue weighted by molar-refractivity contribution is -0.174. The van der Waals surface area contributed by atoms with E-state index in [0.29, 0.717) is 17.1 Å². The third-order valence-electron chi connectivity index (χ3n) is 3.03. The number of fused-ring (bicyclic) bond motifs is 1. The zero-order valence-electron chi connectivity index (χ0n) is 11.1. The molecule has 2 rings (SSSR count). The Balaban J connectivity index is 2.00. The van der Waals surface area contributed by atoms with Gasteiger partial charge in [0.05, 0.1) is 5.92 Å². The molecule has 1 heterocycles. The maximum absolute atomic E-state index is 12.1. The van der Waals surface area contributed by atoms with Crippen LogP contribution in [0.1, 0.15) is 5.56 Å². The number of ether oxygens (including phenoxy) is 2. The van der Waals surface area contributed by atoms with Gasteiger partial charge in [0.25, 0.3) is 0 Å². The van der Waals surface area contributed by atoms with Crippen LogP contribution in [-0.4, -0.2) is 36.5 Å². The minimum absolute atomic E-state index is 0.0515. The number of aliphatic carboxylic acids is 1. The molecule has 0 fully saturated rings. The van der Waals surface area contributed by atoms with Crippen LogP contribution >= 0.6 is 0 Å². The summed E-state index contributed by atoms with van der Waals surface area (Å²) in [6.45, 7) is -0.565. The van der Waals surface area contributed by atoms with Gasteiger partial charge in [0, 0.05) is 6.54 Å². The van der Waals surface area contributed by atoms with Crippen molar-refractivity contribution in [2.24, 2.45) is 5.92 Å². The number of benzene rings is 1. The Bertz CT molecular complexity index is 588. The highest BCUT2D eigenvalue weighted by Crippen LogP contribution is 2.33. The largest absolute Gasteiger partial charge is 0.481 e. The van der Waals surface area contributed by atoms with Gasteiger partial charge in [-0.15, -0.1) is 0 Å². The first-order valence-corrected chi connectivity index (χ1v) is 6.23. The van der Waals surface area contributed by atoms with Crippen LogP contribution in [-0.2, 0) is 16.0 Å². The second kappa shape index (κ2) is 6.12.